The van der Waals surface area contributed by atoms with Crippen LogP contribution in [0.2, 0.25) is 0 Å². The predicted octanol–water partition coefficient (Wildman–Crippen LogP) is 4.51. The van der Waals surface area contributed by atoms with Gasteiger partial charge in [-0.05, 0) is 43.4 Å². The number of carbonyl (C=O) groups is 1. The minimum absolute atomic E-state index is 0.0220. The average Bonchev–Trinajstić information content (AvgIpc) is 2.76. The molecule has 1 aromatic rings. The lowest BCUT2D eigenvalue weighted by molar-refractivity contribution is 0.0924. The Kier molecular flexibility index (Phi) is 5.90. The largest absolute Gasteiger partial charge is 0.349 e. The van der Waals surface area contributed by atoms with Crippen LogP contribution in [0.3, 0.4) is 0 Å². The Bertz CT molecular complexity index is 438. The van der Waals surface area contributed by atoms with E-state index in [0.717, 1.165) is 5.56 Å². The van der Waals surface area contributed by atoms with E-state index in [-0.39, 0.29) is 11.9 Å². The van der Waals surface area contributed by atoms with Crippen molar-refractivity contribution in [2.24, 2.45) is 5.92 Å². The van der Waals surface area contributed by atoms with Gasteiger partial charge in [-0.15, -0.1) is 11.6 Å². The summed E-state index contributed by atoms with van der Waals surface area (Å²) < 4.78 is 0. The molecule has 0 saturated heterocycles. The lowest BCUT2D eigenvalue weighted by atomic mass is 9.93. The Morgan fingerprint density at radius 1 is 1.30 bits per heavy atom. The van der Waals surface area contributed by atoms with Crippen LogP contribution in [0.15, 0.2) is 24.3 Å². The highest BCUT2D eigenvalue weighted by molar-refractivity contribution is 6.17. The minimum Gasteiger partial charge on any atom is -0.349 e. The Labute approximate surface area is 126 Å². The highest BCUT2D eigenvalue weighted by atomic mass is 35.5. The van der Waals surface area contributed by atoms with Gasteiger partial charge in [0, 0.05) is 17.5 Å². The maximum absolute atomic E-state index is 12.3. The molecule has 1 amide bonds. The summed E-state index contributed by atoms with van der Waals surface area (Å²) in [5, 5.41) is 3.16. The second kappa shape index (κ2) is 7.68. The van der Waals surface area contributed by atoms with E-state index in [9.17, 15) is 4.79 Å². The molecular weight excluding hydrogens is 270 g/mol. The maximum Gasteiger partial charge on any atom is 0.251 e. The number of amides is 1. The maximum atomic E-state index is 12.3. The lowest BCUT2D eigenvalue weighted by Gasteiger charge is -2.23. The van der Waals surface area contributed by atoms with Crippen LogP contribution < -0.4 is 5.32 Å². The third kappa shape index (κ3) is 4.24. The molecule has 2 rings (SSSR count). The van der Waals surface area contributed by atoms with Crippen molar-refractivity contribution in [3.63, 3.8) is 0 Å². The van der Waals surface area contributed by atoms with E-state index in [1.54, 1.807) is 0 Å². The molecule has 110 valence electrons. The third-order valence-electron chi connectivity index (χ3n) is 4.31. The fourth-order valence-electron chi connectivity index (χ4n) is 3.01. The van der Waals surface area contributed by atoms with Crippen LogP contribution in [0.4, 0.5) is 0 Å². The quantitative estimate of drug-likeness (QED) is 0.642. The Morgan fingerprint density at radius 3 is 2.65 bits per heavy atom. The van der Waals surface area contributed by atoms with E-state index in [4.69, 9.17) is 11.6 Å². The zero-order valence-electron chi connectivity index (χ0n) is 12.2. The normalized spacial score (nSPS) is 18.3. The van der Waals surface area contributed by atoms with Gasteiger partial charge in [-0.2, -0.15) is 0 Å². The second-order valence-corrected chi connectivity index (χ2v) is 6.12. The van der Waals surface area contributed by atoms with E-state index >= 15 is 0 Å². The molecule has 20 heavy (non-hydrogen) atoms. The number of carbonyl (C=O) groups excluding carboxylic acids is 1. The van der Waals surface area contributed by atoms with Crippen molar-refractivity contribution >= 4 is 17.5 Å². The topological polar surface area (TPSA) is 29.1 Å². The fourth-order valence-corrected chi connectivity index (χ4v) is 3.18. The molecule has 0 aliphatic heterocycles. The first-order chi connectivity index (χ1) is 9.70. The zero-order valence-corrected chi connectivity index (χ0v) is 13.0. The molecule has 1 saturated carbocycles. The molecule has 0 heterocycles. The third-order valence-corrected chi connectivity index (χ3v) is 4.62. The Hall–Kier alpha value is -1.02. The van der Waals surface area contributed by atoms with Crippen LogP contribution >= 0.6 is 11.6 Å². The van der Waals surface area contributed by atoms with E-state index in [1.165, 1.54) is 38.5 Å². The number of nitrogens with one attached hydrogen (secondary N) is 1. The summed E-state index contributed by atoms with van der Waals surface area (Å²) in [5.41, 5.74) is 1.70. The highest BCUT2D eigenvalue weighted by Crippen LogP contribution is 2.25. The summed E-state index contributed by atoms with van der Waals surface area (Å²) in [6.45, 7) is 2.14. The molecule has 0 aromatic heterocycles. The SMILES string of the molecule is C[C@H](NC(=O)c1cccc(CCl)c1)C1CCCCCC1. The van der Waals surface area contributed by atoms with Crippen LogP contribution in [0, 0.1) is 5.92 Å². The second-order valence-electron chi connectivity index (χ2n) is 5.85. The van der Waals surface area contributed by atoms with E-state index < -0.39 is 0 Å². The molecular formula is C17H24ClNO. The van der Waals surface area contributed by atoms with E-state index in [0.29, 0.717) is 17.4 Å². The number of halogens is 1. The summed E-state index contributed by atoms with van der Waals surface area (Å²) in [6.07, 6.45) is 7.76. The van der Waals surface area contributed by atoms with Crippen LogP contribution in [0.5, 0.6) is 0 Å². The van der Waals surface area contributed by atoms with Crippen molar-refractivity contribution in [2.75, 3.05) is 0 Å². The standard InChI is InChI=1S/C17H24ClNO/c1-13(15-8-4-2-3-5-9-15)19-17(20)16-10-6-7-14(11-16)12-18/h6-7,10-11,13,15H,2-5,8-9,12H2,1H3,(H,19,20)/t13-/m0/s1. The van der Waals surface area contributed by atoms with Gasteiger partial charge in [-0.25, -0.2) is 0 Å². The average molecular weight is 294 g/mol. The van der Waals surface area contributed by atoms with Crippen molar-refractivity contribution in [3.8, 4) is 0 Å². The van der Waals surface area contributed by atoms with Crippen molar-refractivity contribution in [1.29, 1.82) is 0 Å². The monoisotopic (exact) mass is 293 g/mol. The first-order valence-electron chi connectivity index (χ1n) is 7.66. The van der Waals surface area contributed by atoms with Gasteiger partial charge in [0.05, 0.1) is 0 Å². The van der Waals surface area contributed by atoms with Gasteiger partial charge in [-0.1, -0.05) is 37.8 Å². The van der Waals surface area contributed by atoms with Gasteiger partial charge in [0.25, 0.3) is 5.91 Å². The molecule has 3 heteroatoms. The van der Waals surface area contributed by atoms with E-state index in [1.807, 2.05) is 24.3 Å². The molecule has 1 fully saturated rings. The van der Waals surface area contributed by atoms with Gasteiger partial charge >= 0.3 is 0 Å². The van der Waals surface area contributed by atoms with Crippen LogP contribution in [0.1, 0.15) is 61.4 Å². The van der Waals surface area contributed by atoms with Crippen LogP contribution in [-0.2, 0) is 5.88 Å². The number of hydrogen-bond donors (Lipinski definition) is 1. The molecule has 1 N–H and O–H groups in total. The number of hydrogen-bond acceptors (Lipinski definition) is 1. The molecule has 0 radical (unpaired) electrons. The fraction of sp³-hybridized carbons (Fsp3) is 0.588. The first-order valence-corrected chi connectivity index (χ1v) is 8.20. The number of benzene rings is 1. The molecule has 0 bridgehead atoms. The molecule has 2 nitrogen and oxygen atoms in total. The van der Waals surface area contributed by atoms with Crippen LogP contribution in [-0.4, -0.2) is 11.9 Å². The van der Waals surface area contributed by atoms with Gasteiger partial charge < -0.3 is 5.32 Å². The zero-order chi connectivity index (χ0) is 14.4. The van der Waals surface area contributed by atoms with Gasteiger partial charge in [0.2, 0.25) is 0 Å². The van der Waals surface area contributed by atoms with Crippen molar-refractivity contribution < 1.29 is 4.79 Å². The first kappa shape index (κ1) is 15.4. The molecule has 0 spiro atoms. The van der Waals surface area contributed by atoms with Crippen molar-refractivity contribution in [3.05, 3.63) is 35.4 Å². The molecule has 0 unspecified atom stereocenters. The summed E-state index contributed by atoms with van der Waals surface area (Å²) in [6, 6.07) is 7.81. The van der Waals surface area contributed by atoms with Gasteiger partial charge in [0.15, 0.2) is 0 Å². The Morgan fingerprint density at radius 2 is 2.00 bits per heavy atom. The van der Waals surface area contributed by atoms with Gasteiger partial charge in [0.1, 0.15) is 0 Å². The van der Waals surface area contributed by atoms with Gasteiger partial charge in [-0.3, -0.25) is 4.79 Å². The highest BCUT2D eigenvalue weighted by Gasteiger charge is 2.21. The van der Waals surface area contributed by atoms with E-state index in [2.05, 4.69) is 12.2 Å². The number of rotatable bonds is 4. The summed E-state index contributed by atoms with van der Waals surface area (Å²) >= 11 is 5.82. The smallest absolute Gasteiger partial charge is 0.251 e. The van der Waals surface area contributed by atoms with Crippen molar-refractivity contribution in [1.82, 2.24) is 5.32 Å². The molecule has 1 aromatic carbocycles. The summed E-state index contributed by atoms with van der Waals surface area (Å²) in [4.78, 5) is 12.3. The lowest BCUT2D eigenvalue weighted by Crippen LogP contribution is -2.38. The molecule has 1 aliphatic rings. The number of alkyl halides is 1. The summed E-state index contributed by atoms with van der Waals surface area (Å²) in [5.74, 6) is 1.09. The summed E-state index contributed by atoms with van der Waals surface area (Å²) in [7, 11) is 0. The predicted molar refractivity (Wildman–Crippen MR) is 84.1 cm³/mol. The minimum atomic E-state index is 0.0220. The van der Waals surface area contributed by atoms with Crippen LogP contribution in [0.25, 0.3) is 0 Å². The van der Waals surface area contributed by atoms with Crippen molar-refractivity contribution in [2.45, 2.75) is 57.4 Å². The Balaban J connectivity index is 1.95. The molecule has 1 atom stereocenters. The molecule has 1 aliphatic carbocycles.